The van der Waals surface area contributed by atoms with Gasteiger partial charge in [0.05, 0.1) is 11.7 Å². The SMILES string of the molecule is CC1=CC(OC2(C(=O)NS(=O)(=O)c3cccc(N4CC(C)(O)C4)n3)CC2)C(C2CC=CCC2)C=C1. The van der Waals surface area contributed by atoms with Crippen LogP contribution in [0.1, 0.15) is 46.0 Å². The maximum atomic E-state index is 13.2. The van der Waals surface area contributed by atoms with Crippen LogP contribution in [0.5, 0.6) is 0 Å². The van der Waals surface area contributed by atoms with E-state index < -0.39 is 27.1 Å². The molecule has 3 atom stereocenters. The third-order valence-electron chi connectivity index (χ3n) is 7.32. The van der Waals surface area contributed by atoms with Crippen LogP contribution in [0.4, 0.5) is 5.82 Å². The number of aliphatic hydroxyl groups is 1. The monoisotopic (exact) mass is 499 g/mol. The van der Waals surface area contributed by atoms with Crippen molar-refractivity contribution in [3.63, 3.8) is 0 Å². The first kappa shape index (κ1) is 24.2. The van der Waals surface area contributed by atoms with Crippen molar-refractivity contribution in [2.45, 2.75) is 68.3 Å². The van der Waals surface area contributed by atoms with E-state index in [1.54, 1.807) is 24.0 Å². The maximum absolute atomic E-state index is 13.2. The summed E-state index contributed by atoms with van der Waals surface area (Å²) in [5.41, 5.74) is -0.878. The predicted molar refractivity (Wildman–Crippen MR) is 132 cm³/mol. The molecule has 2 N–H and O–H groups in total. The zero-order valence-corrected chi connectivity index (χ0v) is 21.0. The average molecular weight is 500 g/mol. The fourth-order valence-corrected chi connectivity index (χ4v) is 6.22. The van der Waals surface area contributed by atoms with Crippen molar-refractivity contribution in [1.29, 1.82) is 0 Å². The Bertz CT molecular complexity index is 1190. The molecule has 0 radical (unpaired) electrons. The van der Waals surface area contributed by atoms with Crippen molar-refractivity contribution in [3.05, 3.63) is 54.2 Å². The number of amides is 1. The highest BCUT2D eigenvalue weighted by Crippen LogP contribution is 2.45. The van der Waals surface area contributed by atoms with Gasteiger partial charge < -0.3 is 14.7 Å². The molecule has 0 spiro atoms. The Hall–Kier alpha value is -2.49. The van der Waals surface area contributed by atoms with Gasteiger partial charge in [0, 0.05) is 19.0 Å². The van der Waals surface area contributed by atoms with Gasteiger partial charge >= 0.3 is 0 Å². The van der Waals surface area contributed by atoms with Crippen LogP contribution < -0.4 is 9.62 Å². The smallest absolute Gasteiger partial charge is 0.281 e. The number of carbonyl (C=O) groups excluding carboxylic acids is 1. The molecule has 1 saturated carbocycles. The molecule has 1 aromatic heterocycles. The van der Waals surface area contributed by atoms with Gasteiger partial charge in [-0.25, -0.2) is 9.71 Å². The number of hydrogen-bond donors (Lipinski definition) is 2. The number of carbonyl (C=O) groups is 1. The van der Waals surface area contributed by atoms with E-state index in [9.17, 15) is 18.3 Å². The summed E-state index contributed by atoms with van der Waals surface area (Å²) in [5.74, 6) is 0.391. The van der Waals surface area contributed by atoms with E-state index >= 15 is 0 Å². The van der Waals surface area contributed by atoms with Crippen molar-refractivity contribution in [2.24, 2.45) is 11.8 Å². The van der Waals surface area contributed by atoms with Crippen molar-refractivity contribution < 1.29 is 23.1 Å². The molecule has 35 heavy (non-hydrogen) atoms. The molecule has 8 nitrogen and oxygen atoms in total. The summed E-state index contributed by atoms with van der Waals surface area (Å²) in [6.45, 7) is 4.46. The van der Waals surface area contributed by atoms with E-state index in [2.05, 4.69) is 40.1 Å². The lowest BCUT2D eigenvalue weighted by atomic mass is 9.77. The van der Waals surface area contributed by atoms with Crippen LogP contribution >= 0.6 is 0 Å². The Kier molecular flexibility index (Phi) is 6.14. The zero-order valence-electron chi connectivity index (χ0n) is 20.2. The highest BCUT2D eigenvalue weighted by molar-refractivity contribution is 7.90. The molecule has 3 aliphatic carbocycles. The van der Waals surface area contributed by atoms with Gasteiger partial charge in [-0.2, -0.15) is 8.42 Å². The molecule has 1 aromatic rings. The fraction of sp³-hybridized carbons (Fsp3) is 0.538. The summed E-state index contributed by atoms with van der Waals surface area (Å²) >= 11 is 0. The number of aromatic nitrogens is 1. The molecular weight excluding hydrogens is 466 g/mol. The molecular formula is C26H33N3O5S. The van der Waals surface area contributed by atoms with Gasteiger partial charge in [-0.1, -0.05) is 42.0 Å². The van der Waals surface area contributed by atoms with Crippen LogP contribution in [-0.4, -0.2) is 54.8 Å². The topological polar surface area (TPSA) is 109 Å². The van der Waals surface area contributed by atoms with E-state index in [1.807, 2.05) is 6.92 Å². The molecule has 1 amide bonds. The second kappa shape index (κ2) is 8.87. The molecule has 9 heteroatoms. The number of β-amino-alcohol motifs (C(OH)–C–C–N with tert-alkyl or cyclic N) is 1. The van der Waals surface area contributed by atoms with E-state index in [-0.39, 0.29) is 17.0 Å². The predicted octanol–water partition coefficient (Wildman–Crippen LogP) is 2.86. The van der Waals surface area contributed by atoms with Crippen molar-refractivity contribution >= 4 is 21.7 Å². The number of hydrogen-bond acceptors (Lipinski definition) is 7. The van der Waals surface area contributed by atoms with Gasteiger partial charge in [0.1, 0.15) is 11.4 Å². The van der Waals surface area contributed by atoms with Gasteiger partial charge in [0.2, 0.25) is 0 Å². The first-order chi connectivity index (χ1) is 16.6. The number of ether oxygens (including phenoxy) is 1. The molecule has 2 fully saturated rings. The highest BCUT2D eigenvalue weighted by Gasteiger charge is 2.55. The molecule has 1 saturated heterocycles. The number of rotatable bonds is 7. The molecule has 188 valence electrons. The van der Waals surface area contributed by atoms with Crippen LogP contribution in [0, 0.1) is 11.8 Å². The van der Waals surface area contributed by atoms with Gasteiger partial charge in [-0.15, -0.1) is 0 Å². The summed E-state index contributed by atoms with van der Waals surface area (Å²) in [4.78, 5) is 19.2. The van der Waals surface area contributed by atoms with Gasteiger partial charge in [-0.3, -0.25) is 4.79 Å². The van der Waals surface area contributed by atoms with Crippen molar-refractivity contribution in [1.82, 2.24) is 9.71 Å². The summed E-state index contributed by atoms with van der Waals surface area (Å²) in [6, 6.07) is 4.64. The molecule has 0 aromatic carbocycles. The molecule has 0 bridgehead atoms. The normalized spacial score (nSPS) is 28.7. The number of anilines is 1. The van der Waals surface area contributed by atoms with E-state index in [0.29, 0.717) is 37.7 Å². The zero-order chi connectivity index (χ0) is 24.8. The first-order valence-corrected chi connectivity index (χ1v) is 13.8. The Labute approximate surface area is 206 Å². The fourth-order valence-electron chi connectivity index (χ4n) is 5.21. The lowest BCUT2D eigenvalue weighted by molar-refractivity contribution is -0.138. The van der Waals surface area contributed by atoms with Crippen LogP contribution in [-0.2, 0) is 19.6 Å². The van der Waals surface area contributed by atoms with Crippen molar-refractivity contribution in [2.75, 3.05) is 18.0 Å². The van der Waals surface area contributed by atoms with Gasteiger partial charge in [0.15, 0.2) is 5.03 Å². The van der Waals surface area contributed by atoms with Gasteiger partial charge in [0.25, 0.3) is 15.9 Å². The van der Waals surface area contributed by atoms with E-state index in [0.717, 1.165) is 24.8 Å². The minimum absolute atomic E-state index is 0.151. The maximum Gasteiger partial charge on any atom is 0.281 e. The lowest BCUT2D eigenvalue weighted by Gasteiger charge is -2.44. The molecule has 1 aliphatic heterocycles. The second-order valence-electron chi connectivity index (χ2n) is 10.6. The molecule has 2 heterocycles. The molecule has 5 rings (SSSR count). The lowest BCUT2D eigenvalue weighted by Crippen LogP contribution is -2.60. The number of sulfonamides is 1. The largest absolute Gasteiger partial charge is 0.386 e. The van der Waals surface area contributed by atoms with E-state index in [1.165, 1.54) is 6.07 Å². The van der Waals surface area contributed by atoms with E-state index in [4.69, 9.17) is 4.74 Å². The van der Waals surface area contributed by atoms with Crippen LogP contribution in [0.25, 0.3) is 0 Å². The third kappa shape index (κ3) is 5.08. The Morgan fingerprint density at radius 3 is 2.69 bits per heavy atom. The standard InChI is InChI=1S/C26H33N3O5S/c1-18-11-12-20(19-7-4-3-5-8-19)21(15-18)34-26(13-14-26)24(30)28-35(32,33)23-10-6-9-22(27-23)29-16-25(2,31)17-29/h3-4,6,9-12,15,19-21,31H,5,7-8,13-14,16-17H2,1-2H3,(H,28,30). The van der Waals surface area contributed by atoms with Gasteiger partial charge in [-0.05, 0) is 64.0 Å². The Morgan fingerprint density at radius 2 is 2.03 bits per heavy atom. The molecule has 3 unspecified atom stereocenters. The summed E-state index contributed by atoms with van der Waals surface area (Å²) in [5, 5.41) is 9.74. The summed E-state index contributed by atoms with van der Waals surface area (Å²) in [6.07, 6.45) is 14.5. The minimum atomic E-state index is -4.18. The van der Waals surface area contributed by atoms with Crippen LogP contribution in [0.15, 0.2) is 59.2 Å². The number of nitrogens with one attached hydrogen (secondary N) is 1. The van der Waals surface area contributed by atoms with Crippen molar-refractivity contribution in [3.8, 4) is 0 Å². The highest BCUT2D eigenvalue weighted by atomic mass is 32.2. The number of nitrogens with zero attached hydrogens (tertiary/aromatic N) is 2. The first-order valence-electron chi connectivity index (χ1n) is 12.3. The summed E-state index contributed by atoms with van der Waals surface area (Å²) in [7, 11) is -4.18. The van der Waals surface area contributed by atoms with Crippen LogP contribution in [0.3, 0.4) is 0 Å². The Morgan fingerprint density at radius 1 is 1.26 bits per heavy atom. The van der Waals surface area contributed by atoms with Crippen LogP contribution in [0.2, 0.25) is 0 Å². The number of allylic oxidation sites excluding steroid dienone is 4. The minimum Gasteiger partial charge on any atom is -0.386 e. The summed E-state index contributed by atoms with van der Waals surface area (Å²) < 4.78 is 34.7. The Balaban J connectivity index is 1.29. The quantitative estimate of drug-likeness (QED) is 0.555. The number of pyridine rings is 1. The average Bonchev–Trinajstić information content (AvgIpc) is 3.59. The second-order valence-corrected chi connectivity index (χ2v) is 12.2. The molecule has 4 aliphatic rings. The third-order valence-corrected chi connectivity index (χ3v) is 8.55.